The van der Waals surface area contributed by atoms with Gasteiger partial charge in [-0.15, -0.1) is 0 Å². The summed E-state index contributed by atoms with van der Waals surface area (Å²) < 4.78 is 15.8. The molecule has 0 amide bonds. The number of para-hydroxylation sites is 3. The van der Waals surface area contributed by atoms with Gasteiger partial charge >= 0.3 is 0 Å². The van der Waals surface area contributed by atoms with Crippen LogP contribution in [0.5, 0.6) is 0 Å². The van der Waals surface area contributed by atoms with Gasteiger partial charge in [-0.05, 0) is 53.6 Å². The Kier molecular flexibility index (Phi) is 6.83. The molecule has 0 atom stereocenters. The lowest BCUT2D eigenvalue weighted by molar-refractivity contribution is 0.666. The Morgan fingerprint density at radius 1 is 0.351 bits per heavy atom. The largest absolute Gasteiger partial charge is 0.456 e. The number of nitrogens with zero attached hydrogens (tertiary/aromatic N) is 4. The van der Waals surface area contributed by atoms with Crippen LogP contribution < -0.4 is 0 Å². The highest BCUT2D eigenvalue weighted by Gasteiger charge is 2.24. The van der Waals surface area contributed by atoms with Gasteiger partial charge in [0.15, 0.2) is 23.1 Å². The van der Waals surface area contributed by atoms with Crippen LogP contribution in [0.15, 0.2) is 191 Å². The lowest BCUT2D eigenvalue weighted by atomic mass is 9.96. The highest BCUT2D eigenvalue weighted by Crippen LogP contribution is 2.45. The molecule has 0 bridgehead atoms. The van der Waals surface area contributed by atoms with Crippen molar-refractivity contribution in [2.75, 3.05) is 0 Å². The lowest BCUT2D eigenvalue weighted by Gasteiger charge is -2.13. The van der Waals surface area contributed by atoms with E-state index in [-0.39, 0.29) is 0 Å². The molecule has 6 nitrogen and oxygen atoms in total. The van der Waals surface area contributed by atoms with Gasteiger partial charge < -0.3 is 13.4 Å². The fraction of sp³-hybridized carbons (Fsp3) is 0. The molecule has 0 fully saturated rings. The number of hydrogen-bond donors (Lipinski definition) is 0. The molecule has 0 aliphatic rings. The van der Waals surface area contributed by atoms with Gasteiger partial charge in [-0.25, -0.2) is 15.0 Å². The summed E-state index contributed by atoms with van der Waals surface area (Å²) in [7, 11) is 0. The number of furan rings is 2. The summed E-state index contributed by atoms with van der Waals surface area (Å²) in [5.41, 5.74) is 11.2. The average Bonchev–Trinajstić information content (AvgIpc) is 3.96. The van der Waals surface area contributed by atoms with Crippen LogP contribution in [0.2, 0.25) is 0 Å². The van der Waals surface area contributed by atoms with E-state index in [1.54, 1.807) is 0 Å². The van der Waals surface area contributed by atoms with Crippen molar-refractivity contribution in [1.29, 1.82) is 0 Å². The van der Waals surface area contributed by atoms with Crippen LogP contribution in [0.3, 0.4) is 0 Å². The van der Waals surface area contributed by atoms with Crippen molar-refractivity contribution in [2.24, 2.45) is 0 Å². The van der Waals surface area contributed by atoms with Crippen molar-refractivity contribution in [2.45, 2.75) is 0 Å². The molecule has 266 valence electrons. The van der Waals surface area contributed by atoms with Gasteiger partial charge in [-0.1, -0.05) is 140 Å². The molecular formula is C51H30N4O2. The first kappa shape index (κ1) is 31.5. The Morgan fingerprint density at radius 2 is 0.860 bits per heavy atom. The molecule has 4 aromatic heterocycles. The zero-order chi connectivity index (χ0) is 37.5. The predicted molar refractivity (Wildman–Crippen MR) is 230 cm³/mol. The fourth-order valence-electron chi connectivity index (χ4n) is 8.54. The molecule has 0 aliphatic heterocycles. The van der Waals surface area contributed by atoms with Crippen molar-refractivity contribution in [3.05, 3.63) is 182 Å². The van der Waals surface area contributed by atoms with Gasteiger partial charge in [0.05, 0.1) is 16.7 Å². The summed E-state index contributed by atoms with van der Waals surface area (Å²) in [5.74, 6) is 1.78. The highest BCUT2D eigenvalue weighted by atomic mass is 16.3. The van der Waals surface area contributed by atoms with E-state index in [4.69, 9.17) is 23.8 Å². The minimum absolute atomic E-state index is 0.572. The topological polar surface area (TPSA) is 69.9 Å². The summed E-state index contributed by atoms with van der Waals surface area (Å²) in [5, 5.41) is 6.40. The zero-order valence-corrected chi connectivity index (χ0v) is 30.4. The average molecular weight is 731 g/mol. The fourth-order valence-corrected chi connectivity index (χ4v) is 8.54. The quantitative estimate of drug-likeness (QED) is 0.176. The van der Waals surface area contributed by atoms with Crippen LogP contribution in [0.4, 0.5) is 0 Å². The molecule has 12 rings (SSSR count). The van der Waals surface area contributed by atoms with Crippen molar-refractivity contribution in [3.8, 4) is 51.0 Å². The van der Waals surface area contributed by atoms with Crippen LogP contribution in [0.25, 0.3) is 117 Å². The molecule has 8 aromatic carbocycles. The number of hydrogen-bond acceptors (Lipinski definition) is 5. The Morgan fingerprint density at radius 3 is 1.53 bits per heavy atom. The highest BCUT2D eigenvalue weighted by molar-refractivity contribution is 6.19. The Labute approximate surface area is 325 Å². The first-order valence-corrected chi connectivity index (χ1v) is 19.0. The summed E-state index contributed by atoms with van der Waals surface area (Å²) in [6.07, 6.45) is 0. The third-order valence-corrected chi connectivity index (χ3v) is 11.1. The maximum atomic E-state index is 7.02. The number of aromatic nitrogens is 4. The van der Waals surface area contributed by atoms with Crippen molar-refractivity contribution < 1.29 is 8.83 Å². The van der Waals surface area contributed by atoms with E-state index >= 15 is 0 Å². The van der Waals surface area contributed by atoms with Crippen LogP contribution >= 0.6 is 0 Å². The van der Waals surface area contributed by atoms with E-state index < -0.39 is 0 Å². The van der Waals surface area contributed by atoms with E-state index in [2.05, 4.69) is 95.6 Å². The molecule has 0 saturated carbocycles. The SMILES string of the molecule is c1ccc(-c2nc(-c3ccccc3)nc(-c3cccc4oc5c(-n6c7ccccc7c7ccccc76)cc(-c6cccc7oc8ccccc8c67)cc5c34)n2)cc1. The molecular weight excluding hydrogens is 701 g/mol. The second kappa shape index (κ2) is 12.3. The van der Waals surface area contributed by atoms with E-state index in [1.165, 1.54) is 10.8 Å². The molecule has 0 radical (unpaired) electrons. The molecule has 12 aromatic rings. The summed E-state index contributed by atoms with van der Waals surface area (Å²) in [6.45, 7) is 0. The van der Waals surface area contributed by atoms with Crippen LogP contribution in [0, 0.1) is 0 Å². The van der Waals surface area contributed by atoms with Gasteiger partial charge in [0.25, 0.3) is 0 Å². The van der Waals surface area contributed by atoms with Gasteiger partial charge in [0, 0.05) is 49.0 Å². The molecule has 0 spiro atoms. The zero-order valence-electron chi connectivity index (χ0n) is 30.4. The van der Waals surface area contributed by atoms with E-state index in [0.717, 1.165) is 88.4 Å². The lowest BCUT2D eigenvalue weighted by Crippen LogP contribution is -2.00. The molecule has 0 saturated heterocycles. The summed E-state index contributed by atoms with van der Waals surface area (Å²) in [6, 6.07) is 62.6. The first-order chi connectivity index (χ1) is 28.3. The van der Waals surface area contributed by atoms with Gasteiger partial charge in [-0.3, -0.25) is 0 Å². The van der Waals surface area contributed by atoms with E-state index in [1.807, 2.05) is 91.0 Å². The van der Waals surface area contributed by atoms with Crippen LogP contribution in [-0.4, -0.2) is 19.5 Å². The molecule has 0 aliphatic carbocycles. The van der Waals surface area contributed by atoms with Gasteiger partial charge in [-0.2, -0.15) is 0 Å². The minimum Gasteiger partial charge on any atom is -0.456 e. The maximum absolute atomic E-state index is 7.02. The Hall–Kier alpha value is -7.83. The van der Waals surface area contributed by atoms with Crippen LogP contribution in [0.1, 0.15) is 0 Å². The number of fused-ring (bicyclic) bond motifs is 9. The molecule has 0 unspecified atom stereocenters. The smallest absolute Gasteiger partial charge is 0.164 e. The van der Waals surface area contributed by atoms with Gasteiger partial charge in [0.1, 0.15) is 16.7 Å². The molecule has 0 N–H and O–H groups in total. The molecule has 6 heteroatoms. The number of benzene rings is 8. The second-order valence-electron chi connectivity index (χ2n) is 14.3. The monoisotopic (exact) mass is 730 g/mol. The maximum Gasteiger partial charge on any atom is 0.164 e. The summed E-state index contributed by atoms with van der Waals surface area (Å²) in [4.78, 5) is 15.3. The minimum atomic E-state index is 0.572. The number of rotatable bonds is 5. The van der Waals surface area contributed by atoms with Crippen molar-refractivity contribution in [1.82, 2.24) is 19.5 Å². The third kappa shape index (κ3) is 4.87. The normalized spacial score (nSPS) is 11.9. The van der Waals surface area contributed by atoms with Crippen LogP contribution in [-0.2, 0) is 0 Å². The Balaban J connectivity index is 1.21. The standard InChI is InChI=1S/C51H30N4O2/c1-3-15-31(16-4-1)49-52-50(32-17-5-2-6-18-32)54-51(53-49)38-23-14-28-45-47(38)39-29-33(34-22-13-27-44-46(34)37-21-9-12-26-43(37)56-44)30-42(48(39)57-45)55-40-24-10-7-19-35(40)36-20-8-11-25-41(36)55/h1-30H. The Bertz CT molecular complexity index is 3410. The molecule has 57 heavy (non-hydrogen) atoms. The molecule has 4 heterocycles. The van der Waals surface area contributed by atoms with Crippen molar-refractivity contribution >= 4 is 65.7 Å². The third-order valence-electron chi connectivity index (χ3n) is 11.1. The summed E-state index contributed by atoms with van der Waals surface area (Å²) >= 11 is 0. The van der Waals surface area contributed by atoms with Gasteiger partial charge in [0.2, 0.25) is 0 Å². The van der Waals surface area contributed by atoms with E-state index in [9.17, 15) is 0 Å². The van der Waals surface area contributed by atoms with Crippen molar-refractivity contribution in [3.63, 3.8) is 0 Å². The predicted octanol–water partition coefficient (Wildman–Crippen LogP) is 13.4. The first-order valence-electron chi connectivity index (χ1n) is 19.0. The van der Waals surface area contributed by atoms with E-state index in [0.29, 0.717) is 17.5 Å². The second-order valence-corrected chi connectivity index (χ2v) is 14.3.